The van der Waals surface area contributed by atoms with Crippen LogP contribution in [0.1, 0.15) is 101 Å². The molecule has 2 heterocycles. The van der Waals surface area contributed by atoms with Crippen LogP contribution in [0.4, 0.5) is 10.5 Å². The van der Waals surface area contributed by atoms with E-state index >= 15 is 0 Å². The van der Waals surface area contributed by atoms with Crippen LogP contribution in [-0.2, 0) is 27.4 Å². The molecule has 4 aromatic rings. The molecule has 10 heteroatoms. The zero-order valence-electron chi connectivity index (χ0n) is 33.7. The van der Waals surface area contributed by atoms with Gasteiger partial charge in [-0.2, -0.15) is 0 Å². The fourth-order valence-electron chi connectivity index (χ4n) is 8.64. The van der Waals surface area contributed by atoms with Gasteiger partial charge in [0.2, 0.25) is 5.91 Å². The van der Waals surface area contributed by atoms with E-state index in [-0.39, 0.29) is 48.3 Å². The molecule has 3 aliphatic rings. The molecule has 302 valence electrons. The molecule has 4 aromatic carbocycles. The maximum absolute atomic E-state index is 13.9. The number of carbonyl (C=O) groups is 2. The van der Waals surface area contributed by atoms with E-state index in [2.05, 4.69) is 27.8 Å². The summed E-state index contributed by atoms with van der Waals surface area (Å²) in [6.07, 6.45) is 5.56. The first-order valence-electron chi connectivity index (χ1n) is 20.6. The van der Waals surface area contributed by atoms with Gasteiger partial charge >= 0.3 is 6.03 Å². The Bertz CT molecular complexity index is 1920. The standard InChI is InChI=1S/C47H58N4O6/c1-31-42(29-51-40-13-9-8-10-34(40)22-27-41(51)44(53)50-47(2,3)4)56-45(57-43(31)35-18-16-33(30-52)17-19-35)36-20-14-32(15-21-36)28-48-46(54)49-37-23-25-39(26-24-37)55-38-11-6-5-7-12-38/h5-7,11-12,14-21,23-26,31,34,40-43,45,52H,8-10,13,22,27-30H2,1-4H3,(H,50,53)(H2,48,49,54)/t31-,34+,40+,41+,42+,43+,45+/m0/s1. The lowest BCUT2D eigenvalue weighted by atomic mass is 9.75. The van der Waals surface area contributed by atoms with Gasteiger partial charge in [-0.3, -0.25) is 9.69 Å². The molecule has 2 aliphatic heterocycles. The van der Waals surface area contributed by atoms with E-state index in [0.29, 0.717) is 36.5 Å². The molecule has 3 amide bonds. The number of hydrogen-bond acceptors (Lipinski definition) is 7. The van der Waals surface area contributed by atoms with E-state index in [9.17, 15) is 14.7 Å². The van der Waals surface area contributed by atoms with Crippen molar-refractivity contribution in [1.82, 2.24) is 15.5 Å². The van der Waals surface area contributed by atoms with Crippen molar-refractivity contribution in [2.24, 2.45) is 11.8 Å². The van der Waals surface area contributed by atoms with Gasteiger partial charge in [-0.15, -0.1) is 0 Å². The molecule has 2 saturated heterocycles. The van der Waals surface area contributed by atoms with Gasteiger partial charge in [-0.25, -0.2) is 4.79 Å². The van der Waals surface area contributed by atoms with Crippen LogP contribution in [0.25, 0.3) is 0 Å². The Balaban J connectivity index is 1.04. The average Bonchev–Trinajstić information content (AvgIpc) is 3.21. The number of aliphatic hydroxyl groups excluding tert-OH is 1. The quantitative estimate of drug-likeness (QED) is 0.120. The van der Waals surface area contributed by atoms with Gasteiger partial charge in [0.05, 0.1) is 24.9 Å². The lowest BCUT2D eigenvalue weighted by Crippen LogP contribution is -2.61. The number of carbonyl (C=O) groups excluding carboxylic acids is 2. The number of para-hydroxylation sites is 1. The second-order valence-corrected chi connectivity index (χ2v) is 17.0. The molecule has 0 radical (unpaired) electrons. The summed E-state index contributed by atoms with van der Waals surface area (Å²) in [6, 6.07) is 32.6. The van der Waals surface area contributed by atoms with Crippen molar-refractivity contribution < 1.29 is 28.9 Å². The number of hydrogen-bond donors (Lipinski definition) is 4. The molecular weight excluding hydrogens is 717 g/mol. The number of rotatable bonds is 11. The number of aliphatic hydroxyl groups is 1. The summed E-state index contributed by atoms with van der Waals surface area (Å²) >= 11 is 0. The summed E-state index contributed by atoms with van der Waals surface area (Å²) in [5.74, 6) is 2.11. The number of anilines is 1. The molecule has 1 aliphatic carbocycles. The second kappa shape index (κ2) is 18.2. The molecular formula is C47H58N4O6. The number of likely N-dealkylation sites (tertiary alicyclic amines) is 1. The van der Waals surface area contributed by atoms with Gasteiger partial charge in [0.15, 0.2) is 6.29 Å². The minimum atomic E-state index is -0.637. The van der Waals surface area contributed by atoms with Crippen molar-refractivity contribution in [3.05, 3.63) is 125 Å². The topological polar surface area (TPSA) is 121 Å². The molecule has 7 rings (SSSR count). The highest BCUT2D eigenvalue weighted by Gasteiger charge is 2.46. The molecule has 0 unspecified atom stereocenters. The number of ether oxygens (including phenoxy) is 3. The minimum absolute atomic E-state index is 0.00824. The maximum Gasteiger partial charge on any atom is 0.319 e. The largest absolute Gasteiger partial charge is 0.457 e. The van der Waals surface area contributed by atoms with Crippen LogP contribution in [-0.4, -0.2) is 52.2 Å². The zero-order valence-corrected chi connectivity index (χ0v) is 33.7. The van der Waals surface area contributed by atoms with Crippen molar-refractivity contribution >= 4 is 17.6 Å². The maximum atomic E-state index is 13.9. The van der Waals surface area contributed by atoms with E-state index in [1.165, 1.54) is 19.3 Å². The Kier molecular flexibility index (Phi) is 12.9. The number of fused-ring (bicyclic) bond motifs is 1. The van der Waals surface area contributed by atoms with Gasteiger partial charge in [0.25, 0.3) is 0 Å². The highest BCUT2D eigenvalue weighted by atomic mass is 16.7. The Labute approximate surface area is 337 Å². The van der Waals surface area contributed by atoms with Crippen LogP contribution >= 0.6 is 0 Å². The lowest BCUT2D eigenvalue weighted by molar-refractivity contribution is -0.278. The minimum Gasteiger partial charge on any atom is -0.457 e. The third-order valence-electron chi connectivity index (χ3n) is 11.6. The van der Waals surface area contributed by atoms with Gasteiger partial charge < -0.3 is 35.3 Å². The van der Waals surface area contributed by atoms with Crippen LogP contribution in [0.2, 0.25) is 0 Å². The van der Waals surface area contributed by atoms with Gasteiger partial charge in [0.1, 0.15) is 11.5 Å². The van der Waals surface area contributed by atoms with Gasteiger partial charge in [-0.05, 0) is 105 Å². The van der Waals surface area contributed by atoms with Crippen LogP contribution in [0, 0.1) is 11.8 Å². The Morgan fingerprint density at radius 1 is 0.789 bits per heavy atom. The van der Waals surface area contributed by atoms with E-state index in [1.54, 1.807) is 12.1 Å². The molecule has 1 saturated carbocycles. The predicted octanol–water partition coefficient (Wildman–Crippen LogP) is 9.02. The van der Waals surface area contributed by atoms with Gasteiger partial charge in [0, 0.05) is 41.8 Å². The normalized spacial score (nSPS) is 25.2. The van der Waals surface area contributed by atoms with Crippen molar-refractivity contribution in [3.8, 4) is 11.5 Å². The van der Waals surface area contributed by atoms with Crippen LogP contribution in [0.5, 0.6) is 11.5 Å². The van der Waals surface area contributed by atoms with Crippen molar-refractivity contribution in [1.29, 1.82) is 0 Å². The Hall–Kier alpha value is -4.74. The number of urea groups is 1. The molecule has 0 aromatic heterocycles. The Morgan fingerprint density at radius 2 is 1.46 bits per heavy atom. The SMILES string of the molecule is C[C@H]1[C@@H](CN2[C@@H](C(=O)NC(C)(C)C)CC[C@H]3CCCC[C@H]32)O[C@@H](c2ccc(CNC(=O)Nc3ccc(Oc4ccccc4)cc3)cc2)O[C@H]1c1ccc(CO)cc1. The van der Waals surface area contributed by atoms with E-state index in [0.717, 1.165) is 47.3 Å². The smallest absolute Gasteiger partial charge is 0.319 e. The highest BCUT2D eigenvalue weighted by molar-refractivity contribution is 5.89. The molecule has 3 fully saturated rings. The lowest BCUT2D eigenvalue weighted by Gasteiger charge is -2.51. The zero-order chi connectivity index (χ0) is 39.9. The first kappa shape index (κ1) is 40.5. The summed E-state index contributed by atoms with van der Waals surface area (Å²) in [5.41, 5.74) is 4.03. The first-order valence-corrected chi connectivity index (χ1v) is 20.6. The van der Waals surface area contributed by atoms with Crippen molar-refractivity contribution in [3.63, 3.8) is 0 Å². The number of amides is 3. The molecule has 4 N–H and O–H groups in total. The summed E-state index contributed by atoms with van der Waals surface area (Å²) in [7, 11) is 0. The molecule has 10 nitrogen and oxygen atoms in total. The van der Waals surface area contributed by atoms with Crippen molar-refractivity contribution in [2.75, 3.05) is 11.9 Å². The summed E-state index contributed by atoms with van der Waals surface area (Å²) in [4.78, 5) is 29.2. The van der Waals surface area contributed by atoms with Crippen LogP contribution in [0.15, 0.2) is 103 Å². The number of piperidine rings is 1. The average molecular weight is 775 g/mol. The third kappa shape index (κ3) is 10.4. The monoisotopic (exact) mass is 774 g/mol. The summed E-state index contributed by atoms with van der Waals surface area (Å²) < 4.78 is 19.6. The molecule has 0 bridgehead atoms. The predicted molar refractivity (Wildman–Crippen MR) is 222 cm³/mol. The second-order valence-electron chi connectivity index (χ2n) is 17.0. The fraction of sp³-hybridized carbons (Fsp3) is 0.447. The highest BCUT2D eigenvalue weighted by Crippen LogP contribution is 2.44. The fourth-order valence-corrected chi connectivity index (χ4v) is 8.64. The number of nitrogens with zero attached hydrogens (tertiary/aromatic N) is 1. The van der Waals surface area contributed by atoms with E-state index in [1.807, 2.05) is 112 Å². The number of nitrogens with one attached hydrogen (secondary N) is 3. The van der Waals surface area contributed by atoms with E-state index in [4.69, 9.17) is 14.2 Å². The summed E-state index contributed by atoms with van der Waals surface area (Å²) in [6.45, 7) is 9.26. The van der Waals surface area contributed by atoms with Crippen molar-refractivity contribution in [2.45, 2.75) is 115 Å². The Morgan fingerprint density at radius 3 is 2.16 bits per heavy atom. The summed E-state index contributed by atoms with van der Waals surface area (Å²) in [5, 5.41) is 18.8. The molecule has 0 spiro atoms. The van der Waals surface area contributed by atoms with Crippen LogP contribution in [0.3, 0.4) is 0 Å². The van der Waals surface area contributed by atoms with Crippen LogP contribution < -0.4 is 20.7 Å². The molecule has 7 atom stereocenters. The first-order chi connectivity index (χ1) is 27.5. The van der Waals surface area contributed by atoms with E-state index < -0.39 is 6.29 Å². The molecule has 57 heavy (non-hydrogen) atoms. The third-order valence-corrected chi connectivity index (χ3v) is 11.6. The van der Waals surface area contributed by atoms with Gasteiger partial charge in [-0.1, -0.05) is 86.5 Å². The number of benzene rings is 4.